The highest BCUT2D eigenvalue weighted by atomic mass is 35.5. The zero-order valence-electron chi connectivity index (χ0n) is 14.4. The van der Waals surface area contributed by atoms with E-state index in [1.165, 1.54) is 0 Å². The van der Waals surface area contributed by atoms with Crippen molar-refractivity contribution in [1.82, 2.24) is 10.3 Å². The number of carbonyl (C=O) groups is 1. The Hall–Kier alpha value is -2.85. The molecule has 132 valence electrons. The van der Waals surface area contributed by atoms with Gasteiger partial charge in [0.15, 0.2) is 0 Å². The molecular formula is C21H20ClN3O. The number of hydrogen-bond donors (Lipinski definition) is 2. The Balaban J connectivity index is 1.58. The molecule has 3 rings (SSSR count). The predicted octanol–water partition coefficient (Wildman–Crippen LogP) is 4.84. The molecule has 0 aliphatic rings. The molecule has 26 heavy (non-hydrogen) atoms. The molecule has 2 N–H and O–H groups in total. The average Bonchev–Trinajstić information content (AvgIpc) is 2.68. The van der Waals surface area contributed by atoms with E-state index >= 15 is 0 Å². The van der Waals surface area contributed by atoms with Crippen molar-refractivity contribution in [2.75, 3.05) is 5.32 Å². The second kappa shape index (κ2) is 8.50. The van der Waals surface area contributed by atoms with Gasteiger partial charge in [0, 0.05) is 11.6 Å². The normalized spacial score (nSPS) is 11.6. The van der Waals surface area contributed by atoms with Crippen molar-refractivity contribution in [3.05, 3.63) is 94.8 Å². The molecule has 0 saturated heterocycles. The third-order valence-corrected chi connectivity index (χ3v) is 4.45. The van der Waals surface area contributed by atoms with Crippen LogP contribution in [-0.2, 0) is 6.54 Å². The average molecular weight is 366 g/mol. The van der Waals surface area contributed by atoms with Gasteiger partial charge >= 0.3 is 0 Å². The first-order chi connectivity index (χ1) is 12.6. The molecule has 0 spiro atoms. The number of pyridine rings is 1. The Bertz CT molecular complexity index is 866. The van der Waals surface area contributed by atoms with Gasteiger partial charge in [-0.25, -0.2) is 4.98 Å². The first-order valence-electron chi connectivity index (χ1n) is 8.42. The maximum atomic E-state index is 12.4. The lowest BCUT2D eigenvalue weighted by atomic mass is 10.1. The van der Waals surface area contributed by atoms with E-state index in [4.69, 9.17) is 11.6 Å². The van der Waals surface area contributed by atoms with Crippen LogP contribution in [0.1, 0.15) is 34.6 Å². The van der Waals surface area contributed by atoms with Gasteiger partial charge in [0.1, 0.15) is 5.69 Å². The second-order valence-electron chi connectivity index (χ2n) is 5.98. The zero-order valence-corrected chi connectivity index (χ0v) is 15.2. The van der Waals surface area contributed by atoms with E-state index in [0.717, 1.165) is 21.8 Å². The molecule has 1 aromatic heterocycles. The first-order valence-corrected chi connectivity index (χ1v) is 8.80. The molecule has 0 fully saturated rings. The molecule has 0 aliphatic heterocycles. The minimum Gasteiger partial charge on any atom is -0.380 e. The molecule has 0 bridgehead atoms. The maximum absolute atomic E-state index is 12.4. The summed E-state index contributed by atoms with van der Waals surface area (Å²) in [5.41, 5.74) is 3.28. The second-order valence-corrected chi connectivity index (χ2v) is 6.39. The highest BCUT2D eigenvalue weighted by Crippen LogP contribution is 2.17. The van der Waals surface area contributed by atoms with Crippen LogP contribution in [0.5, 0.6) is 0 Å². The SMILES string of the molecule is CC(NC(=O)c1ccc(NCc2ccccc2Cl)cn1)c1ccccc1. The summed E-state index contributed by atoms with van der Waals surface area (Å²) in [5, 5.41) is 6.93. The Morgan fingerprint density at radius 3 is 2.46 bits per heavy atom. The predicted molar refractivity (Wildman–Crippen MR) is 105 cm³/mol. The van der Waals surface area contributed by atoms with E-state index < -0.39 is 0 Å². The van der Waals surface area contributed by atoms with Crippen LogP contribution in [0.3, 0.4) is 0 Å². The van der Waals surface area contributed by atoms with Gasteiger partial charge in [0.05, 0.1) is 17.9 Å². The maximum Gasteiger partial charge on any atom is 0.270 e. The van der Waals surface area contributed by atoms with Crippen LogP contribution in [0.2, 0.25) is 5.02 Å². The van der Waals surface area contributed by atoms with Gasteiger partial charge in [-0.1, -0.05) is 60.1 Å². The van der Waals surface area contributed by atoms with Crippen LogP contribution in [0, 0.1) is 0 Å². The summed E-state index contributed by atoms with van der Waals surface area (Å²) in [6.07, 6.45) is 1.65. The van der Waals surface area contributed by atoms with Crippen molar-refractivity contribution in [3.8, 4) is 0 Å². The zero-order chi connectivity index (χ0) is 18.4. The van der Waals surface area contributed by atoms with Gasteiger partial charge in [-0.3, -0.25) is 4.79 Å². The lowest BCUT2D eigenvalue weighted by Crippen LogP contribution is -2.27. The van der Waals surface area contributed by atoms with Gasteiger partial charge in [0.2, 0.25) is 0 Å². The molecular weight excluding hydrogens is 346 g/mol. The summed E-state index contributed by atoms with van der Waals surface area (Å²) in [6.45, 7) is 2.55. The monoisotopic (exact) mass is 365 g/mol. The van der Waals surface area contributed by atoms with Gasteiger partial charge in [-0.2, -0.15) is 0 Å². The summed E-state index contributed by atoms with van der Waals surface area (Å²) in [6, 6.07) is 21.0. The minimum absolute atomic E-state index is 0.0801. The van der Waals surface area contributed by atoms with Crippen molar-refractivity contribution in [2.24, 2.45) is 0 Å². The number of nitrogens with zero attached hydrogens (tertiary/aromatic N) is 1. The van der Waals surface area contributed by atoms with Crippen LogP contribution in [-0.4, -0.2) is 10.9 Å². The molecule has 0 saturated carbocycles. The molecule has 3 aromatic rings. The van der Waals surface area contributed by atoms with Crippen molar-refractivity contribution < 1.29 is 4.79 Å². The molecule has 0 radical (unpaired) electrons. The summed E-state index contributed by atoms with van der Waals surface area (Å²) in [4.78, 5) is 16.6. The molecule has 1 amide bonds. The summed E-state index contributed by atoms with van der Waals surface area (Å²) >= 11 is 6.15. The van der Waals surface area contributed by atoms with Crippen molar-refractivity contribution in [2.45, 2.75) is 19.5 Å². The van der Waals surface area contributed by atoms with Crippen molar-refractivity contribution >= 4 is 23.2 Å². The van der Waals surface area contributed by atoms with Crippen LogP contribution in [0.15, 0.2) is 72.9 Å². The van der Waals surface area contributed by atoms with E-state index in [9.17, 15) is 4.79 Å². The fraction of sp³-hybridized carbons (Fsp3) is 0.143. The topological polar surface area (TPSA) is 54.0 Å². The lowest BCUT2D eigenvalue weighted by Gasteiger charge is -2.14. The summed E-state index contributed by atoms with van der Waals surface area (Å²) in [5.74, 6) is -0.195. The first kappa shape index (κ1) is 18.0. The number of anilines is 1. The highest BCUT2D eigenvalue weighted by molar-refractivity contribution is 6.31. The Morgan fingerprint density at radius 2 is 1.77 bits per heavy atom. The molecule has 1 heterocycles. The van der Waals surface area contributed by atoms with Gasteiger partial charge < -0.3 is 10.6 Å². The van der Waals surface area contributed by atoms with E-state index in [2.05, 4.69) is 15.6 Å². The lowest BCUT2D eigenvalue weighted by molar-refractivity contribution is 0.0935. The Morgan fingerprint density at radius 1 is 1.04 bits per heavy atom. The third-order valence-electron chi connectivity index (χ3n) is 4.08. The molecule has 1 atom stereocenters. The highest BCUT2D eigenvalue weighted by Gasteiger charge is 2.12. The number of rotatable bonds is 6. The van der Waals surface area contributed by atoms with Crippen molar-refractivity contribution in [3.63, 3.8) is 0 Å². The number of carbonyl (C=O) groups excluding carboxylic acids is 1. The fourth-order valence-corrected chi connectivity index (χ4v) is 2.77. The number of nitrogens with one attached hydrogen (secondary N) is 2. The Kier molecular flexibility index (Phi) is 5.87. The van der Waals surface area contributed by atoms with E-state index in [1.807, 2.05) is 67.6 Å². The molecule has 0 aliphatic carbocycles. The fourth-order valence-electron chi connectivity index (χ4n) is 2.57. The number of benzene rings is 2. The van der Waals surface area contributed by atoms with Crippen molar-refractivity contribution in [1.29, 1.82) is 0 Å². The van der Waals surface area contributed by atoms with Crippen LogP contribution in [0.4, 0.5) is 5.69 Å². The van der Waals surface area contributed by atoms with Crippen LogP contribution >= 0.6 is 11.6 Å². The largest absolute Gasteiger partial charge is 0.380 e. The molecule has 5 heteroatoms. The van der Waals surface area contributed by atoms with E-state index in [0.29, 0.717) is 12.2 Å². The number of aromatic nitrogens is 1. The number of amides is 1. The van der Waals surface area contributed by atoms with Crippen LogP contribution < -0.4 is 10.6 Å². The van der Waals surface area contributed by atoms with Gasteiger partial charge in [-0.15, -0.1) is 0 Å². The van der Waals surface area contributed by atoms with E-state index in [1.54, 1.807) is 12.3 Å². The molecule has 1 unspecified atom stereocenters. The molecule has 2 aromatic carbocycles. The minimum atomic E-state index is -0.195. The number of halogens is 1. The number of hydrogen-bond acceptors (Lipinski definition) is 3. The Labute approximate surface area is 158 Å². The molecule has 4 nitrogen and oxygen atoms in total. The quantitative estimate of drug-likeness (QED) is 0.657. The van der Waals surface area contributed by atoms with E-state index in [-0.39, 0.29) is 11.9 Å². The summed E-state index contributed by atoms with van der Waals surface area (Å²) < 4.78 is 0. The van der Waals surface area contributed by atoms with Crippen LogP contribution in [0.25, 0.3) is 0 Å². The van der Waals surface area contributed by atoms with Gasteiger partial charge in [0.25, 0.3) is 5.91 Å². The standard InChI is InChI=1S/C21H20ClN3O/c1-15(16-7-3-2-4-8-16)25-21(26)20-12-11-18(14-24-20)23-13-17-9-5-6-10-19(17)22/h2-12,14-15,23H,13H2,1H3,(H,25,26). The van der Waals surface area contributed by atoms with Gasteiger partial charge in [-0.05, 0) is 36.2 Å². The third kappa shape index (κ3) is 4.61. The smallest absolute Gasteiger partial charge is 0.270 e. The summed E-state index contributed by atoms with van der Waals surface area (Å²) in [7, 11) is 0.